The first-order valence-corrected chi connectivity index (χ1v) is 10.4. The summed E-state index contributed by atoms with van der Waals surface area (Å²) in [6.45, 7) is 9.19. The summed E-state index contributed by atoms with van der Waals surface area (Å²) in [5, 5.41) is 0. The molecule has 146 valence electrons. The number of hydrogen-bond acceptors (Lipinski definition) is 2. The number of piperidine rings is 1. The van der Waals surface area contributed by atoms with Crippen LogP contribution in [0, 0.1) is 0 Å². The Morgan fingerprint density at radius 2 is 1.52 bits per heavy atom. The number of nitrogens with zero attached hydrogens (tertiary/aromatic N) is 2. The normalized spacial score (nSPS) is 14.9. The number of para-hydroxylation sites is 1. The maximum atomic E-state index is 12.5. The molecule has 3 nitrogen and oxygen atoms in total. The van der Waals surface area contributed by atoms with Gasteiger partial charge in [-0.05, 0) is 37.0 Å². The minimum atomic E-state index is 0.230. The lowest BCUT2D eigenvalue weighted by Gasteiger charge is -2.38. The Morgan fingerprint density at radius 3 is 2.07 bits per heavy atom. The molecule has 2 aromatic carbocycles. The second kappa shape index (κ2) is 11.6. The number of amides is 1. The van der Waals surface area contributed by atoms with Crippen molar-refractivity contribution in [1.82, 2.24) is 4.90 Å². The van der Waals surface area contributed by atoms with Crippen LogP contribution >= 0.6 is 0 Å². The van der Waals surface area contributed by atoms with Crippen LogP contribution < -0.4 is 4.90 Å². The van der Waals surface area contributed by atoms with Gasteiger partial charge in [0.2, 0.25) is 5.91 Å². The van der Waals surface area contributed by atoms with Crippen molar-refractivity contribution in [3.8, 4) is 0 Å². The Bertz CT molecular complexity index is 649. The van der Waals surface area contributed by atoms with E-state index in [2.05, 4.69) is 47.4 Å². The summed E-state index contributed by atoms with van der Waals surface area (Å²) in [7, 11) is 0. The number of rotatable bonds is 6. The highest BCUT2D eigenvalue weighted by atomic mass is 16.2. The van der Waals surface area contributed by atoms with Gasteiger partial charge in [0.05, 0.1) is 0 Å². The van der Waals surface area contributed by atoms with Gasteiger partial charge in [0.15, 0.2) is 0 Å². The maximum Gasteiger partial charge on any atom is 0.226 e. The van der Waals surface area contributed by atoms with Crippen LogP contribution in [0.15, 0.2) is 60.7 Å². The molecule has 0 bridgehead atoms. The van der Waals surface area contributed by atoms with Gasteiger partial charge in [-0.25, -0.2) is 0 Å². The predicted octanol–water partition coefficient (Wildman–Crippen LogP) is 5.16. The standard InChI is InChI=1S/C22H28N2O.C2H6/c1-2-22(25)24(20-11-7-4-8-12-20)21-14-17-23(18-15-21)16-13-19-9-5-3-6-10-19;1-2/h3-12,21H,2,13-18H2,1H3;1-2H3. The second-order valence-electron chi connectivity index (χ2n) is 6.76. The van der Waals surface area contributed by atoms with Crippen LogP contribution in [0.4, 0.5) is 5.69 Å². The van der Waals surface area contributed by atoms with Crippen molar-refractivity contribution in [1.29, 1.82) is 0 Å². The number of hydrogen-bond donors (Lipinski definition) is 0. The average molecular weight is 367 g/mol. The van der Waals surface area contributed by atoms with E-state index >= 15 is 0 Å². The molecule has 1 aliphatic rings. The van der Waals surface area contributed by atoms with Gasteiger partial charge in [0.25, 0.3) is 0 Å². The van der Waals surface area contributed by atoms with Gasteiger partial charge in [0, 0.05) is 37.8 Å². The number of likely N-dealkylation sites (tertiary alicyclic amines) is 1. The van der Waals surface area contributed by atoms with Crippen LogP contribution in [0.25, 0.3) is 0 Å². The lowest BCUT2D eigenvalue weighted by molar-refractivity contribution is -0.119. The van der Waals surface area contributed by atoms with Crippen LogP contribution in [0.5, 0.6) is 0 Å². The van der Waals surface area contributed by atoms with Gasteiger partial charge in [-0.1, -0.05) is 69.3 Å². The molecule has 3 heteroatoms. The van der Waals surface area contributed by atoms with Gasteiger partial charge in [-0.2, -0.15) is 0 Å². The molecular weight excluding hydrogens is 332 g/mol. The zero-order chi connectivity index (χ0) is 19.5. The fourth-order valence-corrected chi connectivity index (χ4v) is 3.65. The van der Waals surface area contributed by atoms with E-state index in [1.807, 2.05) is 43.9 Å². The molecule has 0 saturated carbocycles. The lowest BCUT2D eigenvalue weighted by atomic mass is 10.0. The van der Waals surface area contributed by atoms with E-state index in [1.165, 1.54) is 5.56 Å². The summed E-state index contributed by atoms with van der Waals surface area (Å²) in [5.74, 6) is 0.230. The van der Waals surface area contributed by atoms with Crippen molar-refractivity contribution in [3.05, 3.63) is 66.2 Å². The van der Waals surface area contributed by atoms with E-state index in [4.69, 9.17) is 0 Å². The minimum absolute atomic E-state index is 0.230. The summed E-state index contributed by atoms with van der Waals surface area (Å²) >= 11 is 0. The molecule has 1 amide bonds. The maximum absolute atomic E-state index is 12.5. The molecular formula is C24H34N2O. The number of anilines is 1. The molecule has 0 N–H and O–H groups in total. The molecule has 3 rings (SSSR count). The van der Waals surface area contributed by atoms with Crippen molar-refractivity contribution >= 4 is 11.6 Å². The molecule has 1 saturated heterocycles. The van der Waals surface area contributed by atoms with Crippen LogP contribution in [-0.2, 0) is 11.2 Å². The summed E-state index contributed by atoms with van der Waals surface area (Å²) in [6.07, 6.45) is 3.76. The molecule has 0 aliphatic carbocycles. The molecule has 1 aliphatic heterocycles. The first-order valence-electron chi connectivity index (χ1n) is 10.4. The zero-order valence-electron chi connectivity index (χ0n) is 17.1. The molecule has 1 heterocycles. The Morgan fingerprint density at radius 1 is 0.963 bits per heavy atom. The number of carbonyl (C=O) groups is 1. The molecule has 0 aromatic heterocycles. The fraction of sp³-hybridized carbons (Fsp3) is 0.458. The van der Waals surface area contributed by atoms with E-state index in [-0.39, 0.29) is 5.91 Å². The third kappa shape index (κ3) is 6.21. The highest BCUT2D eigenvalue weighted by Gasteiger charge is 2.28. The Labute approximate surface area is 165 Å². The SMILES string of the molecule is CC.CCC(=O)N(c1ccccc1)C1CCN(CCc2ccccc2)CC1. The van der Waals surface area contributed by atoms with Crippen LogP contribution in [-0.4, -0.2) is 36.5 Å². The quantitative estimate of drug-likeness (QED) is 0.705. The minimum Gasteiger partial charge on any atom is -0.309 e. The van der Waals surface area contributed by atoms with E-state index < -0.39 is 0 Å². The Kier molecular flexibility index (Phi) is 9.06. The smallest absolute Gasteiger partial charge is 0.226 e. The summed E-state index contributed by atoms with van der Waals surface area (Å²) in [6, 6.07) is 21.1. The fourth-order valence-electron chi connectivity index (χ4n) is 3.65. The van der Waals surface area contributed by atoms with E-state index in [0.717, 1.165) is 44.6 Å². The topological polar surface area (TPSA) is 23.6 Å². The van der Waals surface area contributed by atoms with Crippen molar-refractivity contribution in [2.45, 2.75) is 52.5 Å². The van der Waals surface area contributed by atoms with E-state index in [1.54, 1.807) is 0 Å². The average Bonchev–Trinajstić information content (AvgIpc) is 2.76. The molecule has 0 radical (unpaired) electrons. The van der Waals surface area contributed by atoms with Crippen molar-refractivity contribution < 1.29 is 4.79 Å². The molecule has 2 aromatic rings. The van der Waals surface area contributed by atoms with Crippen molar-refractivity contribution in [2.24, 2.45) is 0 Å². The van der Waals surface area contributed by atoms with Crippen LogP contribution in [0.1, 0.15) is 45.6 Å². The molecule has 0 spiro atoms. The molecule has 27 heavy (non-hydrogen) atoms. The third-order valence-electron chi connectivity index (χ3n) is 5.09. The van der Waals surface area contributed by atoms with Crippen LogP contribution in [0.3, 0.4) is 0 Å². The largest absolute Gasteiger partial charge is 0.309 e. The Hall–Kier alpha value is -2.13. The number of benzene rings is 2. The second-order valence-corrected chi connectivity index (χ2v) is 6.76. The van der Waals surface area contributed by atoms with E-state index in [9.17, 15) is 4.79 Å². The monoisotopic (exact) mass is 366 g/mol. The number of carbonyl (C=O) groups excluding carboxylic acids is 1. The van der Waals surface area contributed by atoms with Crippen LogP contribution in [0.2, 0.25) is 0 Å². The molecule has 0 atom stereocenters. The van der Waals surface area contributed by atoms with Gasteiger partial charge in [-0.3, -0.25) is 4.79 Å². The summed E-state index contributed by atoms with van der Waals surface area (Å²) in [5.41, 5.74) is 2.44. The summed E-state index contributed by atoms with van der Waals surface area (Å²) in [4.78, 5) is 17.1. The van der Waals surface area contributed by atoms with Gasteiger partial charge in [-0.15, -0.1) is 0 Å². The highest BCUT2D eigenvalue weighted by Crippen LogP contribution is 2.24. The summed E-state index contributed by atoms with van der Waals surface area (Å²) < 4.78 is 0. The third-order valence-corrected chi connectivity index (χ3v) is 5.09. The molecule has 1 fully saturated rings. The first kappa shape index (κ1) is 21.2. The predicted molar refractivity (Wildman–Crippen MR) is 115 cm³/mol. The van der Waals surface area contributed by atoms with Gasteiger partial charge >= 0.3 is 0 Å². The molecule has 0 unspecified atom stereocenters. The van der Waals surface area contributed by atoms with Crippen molar-refractivity contribution in [2.75, 3.05) is 24.5 Å². The Balaban J connectivity index is 0.00000126. The van der Waals surface area contributed by atoms with Crippen molar-refractivity contribution in [3.63, 3.8) is 0 Å². The highest BCUT2D eigenvalue weighted by molar-refractivity contribution is 5.93. The lowest BCUT2D eigenvalue weighted by Crippen LogP contribution is -2.47. The van der Waals surface area contributed by atoms with E-state index in [0.29, 0.717) is 12.5 Å². The van der Waals surface area contributed by atoms with Gasteiger partial charge < -0.3 is 9.80 Å². The first-order chi connectivity index (χ1) is 13.3. The zero-order valence-corrected chi connectivity index (χ0v) is 17.1. The van der Waals surface area contributed by atoms with Gasteiger partial charge in [0.1, 0.15) is 0 Å².